The number of rotatable bonds is 14. The van der Waals surface area contributed by atoms with E-state index in [9.17, 15) is 9.90 Å². The lowest BCUT2D eigenvalue weighted by Gasteiger charge is -2.23. The average molecular weight is 454 g/mol. The summed E-state index contributed by atoms with van der Waals surface area (Å²) in [4.78, 5) is 14.2. The van der Waals surface area contributed by atoms with Gasteiger partial charge >= 0.3 is 5.97 Å². The molecule has 0 radical (unpaired) electrons. The van der Waals surface area contributed by atoms with Crippen LogP contribution < -0.4 is 17.1 Å². The van der Waals surface area contributed by atoms with E-state index >= 15 is 0 Å². The third kappa shape index (κ3) is 8.18. The van der Waals surface area contributed by atoms with Gasteiger partial charge in [-0.05, 0) is 61.2 Å². The second-order valence-electron chi connectivity index (χ2n) is 8.70. The third-order valence-electron chi connectivity index (χ3n) is 5.99. The quantitative estimate of drug-likeness (QED) is 0.149. The molecule has 7 heteroatoms. The summed E-state index contributed by atoms with van der Waals surface area (Å²) >= 11 is 0. The maximum absolute atomic E-state index is 11.9. The van der Waals surface area contributed by atoms with E-state index in [0.29, 0.717) is 12.8 Å². The van der Waals surface area contributed by atoms with Crippen molar-refractivity contribution in [1.82, 2.24) is 10.4 Å². The van der Waals surface area contributed by atoms with Crippen LogP contribution in [0.4, 0.5) is 0 Å². The monoisotopic (exact) mass is 453 g/mol. The highest BCUT2D eigenvalue weighted by atomic mass is 16.4. The minimum absolute atomic E-state index is 0.210. The molecular formula is C26H39N5O2. The van der Waals surface area contributed by atoms with Crippen LogP contribution in [0.5, 0.6) is 0 Å². The van der Waals surface area contributed by atoms with Crippen LogP contribution in [0.25, 0.3) is 11.1 Å². The van der Waals surface area contributed by atoms with Crippen LogP contribution in [0.1, 0.15) is 50.7 Å². The van der Waals surface area contributed by atoms with Gasteiger partial charge in [0, 0.05) is 12.5 Å². The van der Waals surface area contributed by atoms with E-state index in [4.69, 9.17) is 11.6 Å². The van der Waals surface area contributed by atoms with Crippen LogP contribution in [0, 0.1) is 11.8 Å². The van der Waals surface area contributed by atoms with Crippen LogP contribution in [-0.4, -0.2) is 35.4 Å². The molecule has 0 aliphatic carbocycles. The molecule has 0 heterocycles. The summed E-state index contributed by atoms with van der Waals surface area (Å²) in [5.41, 5.74) is 12.9. The second-order valence-corrected chi connectivity index (χ2v) is 8.70. The number of amidine groups is 1. The molecule has 180 valence electrons. The van der Waals surface area contributed by atoms with E-state index in [1.54, 1.807) is 0 Å². The number of nitrogens with zero attached hydrogens (tertiary/aromatic N) is 2. The lowest BCUT2D eigenvalue weighted by atomic mass is 9.83. The van der Waals surface area contributed by atoms with Gasteiger partial charge in [-0.25, -0.2) is 11.4 Å². The summed E-state index contributed by atoms with van der Waals surface area (Å²) in [6.07, 6.45) is 4.16. The number of nitrogens with one attached hydrogen (secondary N) is 1. The van der Waals surface area contributed by atoms with Crippen molar-refractivity contribution in [1.29, 1.82) is 0 Å². The van der Waals surface area contributed by atoms with E-state index in [1.165, 1.54) is 24.0 Å². The van der Waals surface area contributed by atoms with Gasteiger partial charge in [-0.3, -0.25) is 4.79 Å². The largest absolute Gasteiger partial charge is 0.481 e. The van der Waals surface area contributed by atoms with Crippen LogP contribution in [-0.2, 0) is 17.8 Å². The van der Waals surface area contributed by atoms with E-state index in [-0.39, 0.29) is 5.84 Å². The van der Waals surface area contributed by atoms with Crippen LogP contribution in [0.2, 0.25) is 0 Å². The van der Waals surface area contributed by atoms with Crippen molar-refractivity contribution in [2.24, 2.45) is 28.5 Å². The summed E-state index contributed by atoms with van der Waals surface area (Å²) < 4.78 is 0. The predicted octanol–water partition coefficient (Wildman–Crippen LogP) is 3.98. The first-order chi connectivity index (χ1) is 15.9. The van der Waals surface area contributed by atoms with Gasteiger partial charge in [0.05, 0.1) is 5.92 Å². The van der Waals surface area contributed by atoms with Crippen molar-refractivity contribution in [3.8, 4) is 11.1 Å². The Balaban J connectivity index is 2.18. The molecule has 0 bridgehead atoms. The highest BCUT2D eigenvalue weighted by Gasteiger charge is 2.30. The van der Waals surface area contributed by atoms with Crippen molar-refractivity contribution in [2.45, 2.75) is 52.5 Å². The Morgan fingerprint density at radius 2 is 1.79 bits per heavy atom. The lowest BCUT2D eigenvalue weighted by molar-refractivity contribution is -0.143. The Morgan fingerprint density at radius 3 is 2.39 bits per heavy atom. The number of unbranched alkanes of at least 4 members (excludes halogenated alkanes) is 1. The van der Waals surface area contributed by atoms with Crippen molar-refractivity contribution in [3.05, 3.63) is 59.7 Å². The minimum Gasteiger partial charge on any atom is -0.481 e. The number of carboxylic acid groups (broad SMARTS) is 1. The molecule has 0 amide bonds. The number of hydrogen-bond acceptors (Lipinski definition) is 5. The molecule has 2 rings (SSSR count). The van der Waals surface area contributed by atoms with Crippen molar-refractivity contribution in [3.63, 3.8) is 0 Å². The number of benzene rings is 2. The first kappa shape index (κ1) is 26.4. The molecule has 2 aromatic rings. The summed E-state index contributed by atoms with van der Waals surface area (Å²) in [5.74, 6) is 3.58. The van der Waals surface area contributed by atoms with Gasteiger partial charge in [0.15, 0.2) is 0 Å². The topological polar surface area (TPSA) is 117 Å². The number of nitrogens with two attached hydrogens (primary N) is 2. The fourth-order valence-corrected chi connectivity index (χ4v) is 4.17. The smallest absolute Gasteiger partial charge is 0.307 e. The Morgan fingerprint density at radius 1 is 1.06 bits per heavy atom. The zero-order chi connectivity index (χ0) is 24.2. The number of hydrogen-bond donors (Lipinski definition) is 4. The summed E-state index contributed by atoms with van der Waals surface area (Å²) in [7, 11) is 2.16. The van der Waals surface area contributed by atoms with Gasteiger partial charge < -0.3 is 15.7 Å². The fourth-order valence-electron chi connectivity index (χ4n) is 4.17. The van der Waals surface area contributed by atoms with Crippen LogP contribution in [0.15, 0.2) is 53.6 Å². The number of carbonyl (C=O) groups is 1. The zero-order valence-corrected chi connectivity index (χ0v) is 20.1. The first-order valence-electron chi connectivity index (χ1n) is 11.8. The van der Waals surface area contributed by atoms with E-state index < -0.39 is 17.8 Å². The van der Waals surface area contributed by atoms with Gasteiger partial charge in [0.25, 0.3) is 0 Å². The molecule has 33 heavy (non-hydrogen) atoms. The summed E-state index contributed by atoms with van der Waals surface area (Å²) in [6.45, 7) is 6.20. The molecule has 2 aromatic carbocycles. The Labute approximate surface area is 197 Å². The predicted molar refractivity (Wildman–Crippen MR) is 135 cm³/mol. The molecule has 2 atom stereocenters. The van der Waals surface area contributed by atoms with Gasteiger partial charge in [-0.2, -0.15) is 5.10 Å². The van der Waals surface area contributed by atoms with Crippen molar-refractivity contribution >= 4 is 11.8 Å². The SMILES string of the molecule is CCCCN(C)Cc1cccc(-c2ccc(C[C@H](/C(N)=N/NN)[C@H](CCC)C(=O)O)cc2)c1. The third-order valence-corrected chi connectivity index (χ3v) is 5.99. The number of carboxylic acids is 1. The maximum atomic E-state index is 11.9. The molecular weight excluding hydrogens is 414 g/mol. The van der Waals surface area contributed by atoms with Crippen molar-refractivity contribution in [2.75, 3.05) is 13.6 Å². The molecule has 0 saturated carbocycles. The molecule has 0 unspecified atom stereocenters. The van der Waals surface area contributed by atoms with Gasteiger partial charge in [0.2, 0.25) is 0 Å². The molecule has 6 N–H and O–H groups in total. The van der Waals surface area contributed by atoms with Crippen LogP contribution in [0.3, 0.4) is 0 Å². The van der Waals surface area contributed by atoms with Crippen molar-refractivity contribution < 1.29 is 9.90 Å². The van der Waals surface area contributed by atoms with Gasteiger partial charge in [-0.1, -0.05) is 69.2 Å². The normalized spacial score (nSPS) is 13.7. The molecule has 0 aliphatic heterocycles. The number of hydrazone groups is 1. The lowest BCUT2D eigenvalue weighted by Crippen LogP contribution is -2.38. The molecule has 0 saturated heterocycles. The van der Waals surface area contributed by atoms with E-state index in [1.807, 2.05) is 19.1 Å². The Kier molecular flexibility index (Phi) is 10.9. The zero-order valence-electron chi connectivity index (χ0n) is 20.1. The summed E-state index contributed by atoms with van der Waals surface area (Å²) in [6, 6.07) is 16.9. The summed E-state index contributed by atoms with van der Waals surface area (Å²) in [5, 5.41) is 13.6. The highest BCUT2D eigenvalue weighted by molar-refractivity contribution is 5.87. The maximum Gasteiger partial charge on any atom is 0.307 e. The molecule has 0 aromatic heterocycles. The van der Waals surface area contributed by atoms with Gasteiger partial charge in [-0.15, -0.1) is 0 Å². The molecule has 0 spiro atoms. The number of aliphatic carboxylic acids is 1. The van der Waals surface area contributed by atoms with Crippen LogP contribution >= 0.6 is 0 Å². The molecule has 0 fully saturated rings. The second kappa shape index (κ2) is 13.6. The first-order valence-corrected chi connectivity index (χ1v) is 11.8. The Hall–Kier alpha value is -2.90. The minimum atomic E-state index is -0.866. The van der Waals surface area contributed by atoms with E-state index in [0.717, 1.165) is 30.6 Å². The number of hydrazine groups is 1. The molecule has 0 aliphatic rings. The van der Waals surface area contributed by atoms with E-state index in [2.05, 4.69) is 65.9 Å². The average Bonchev–Trinajstić information content (AvgIpc) is 2.80. The highest BCUT2D eigenvalue weighted by Crippen LogP contribution is 2.26. The fraction of sp³-hybridized carbons (Fsp3) is 0.462. The molecule has 7 nitrogen and oxygen atoms in total. The van der Waals surface area contributed by atoms with Gasteiger partial charge in [0.1, 0.15) is 5.84 Å². The Bertz CT molecular complexity index is 898. The standard InChI is InChI=1S/C26H39N5O2/c1-4-6-15-31(3)18-20-9-7-10-22(16-20)21-13-11-19(12-14-21)17-24(25(27)29-30-28)23(8-5-2)26(32)33/h7,9-14,16,23-24,30H,4-6,8,15,17-18,28H2,1-3H3,(H2,27,29)(H,32,33)/t23-,24-/m0/s1.